The molecule has 0 heterocycles. The van der Waals surface area contributed by atoms with Crippen LogP contribution >= 0.6 is 22.2 Å². The van der Waals surface area contributed by atoms with Gasteiger partial charge in [0.1, 0.15) is 0 Å². The molecule has 0 atom stereocenters. The van der Waals surface area contributed by atoms with Crippen LogP contribution in [0.25, 0.3) is 0 Å². The van der Waals surface area contributed by atoms with Gasteiger partial charge in [-0.25, -0.2) is 0 Å². The van der Waals surface area contributed by atoms with E-state index in [4.69, 9.17) is 27.4 Å². The number of hydrogen-bond donors (Lipinski definition) is 0. The highest BCUT2D eigenvalue weighted by Crippen LogP contribution is 2.27. The molecule has 0 aliphatic heterocycles. The lowest BCUT2D eigenvalue weighted by Gasteiger charge is -2.12. The summed E-state index contributed by atoms with van der Waals surface area (Å²) in [6, 6.07) is 3.56. The molecule has 0 aromatic rings. The quantitative estimate of drug-likeness (QED) is 0.294. The molecule has 0 aromatic carbocycles. The summed E-state index contributed by atoms with van der Waals surface area (Å²) >= 11 is 12.0. The van der Waals surface area contributed by atoms with E-state index in [1.165, 1.54) is 0 Å². The summed E-state index contributed by atoms with van der Waals surface area (Å²) in [5.41, 5.74) is 0. The molecule has 62 valence electrons. The summed E-state index contributed by atoms with van der Waals surface area (Å²) < 4.78 is 0. The number of rotatable bonds is 5. The monoisotopic (exact) mass is 207 g/mol. The van der Waals surface area contributed by atoms with Crippen LogP contribution in [0, 0.1) is 11.3 Å². The molecule has 0 spiro atoms. The van der Waals surface area contributed by atoms with Gasteiger partial charge in [-0.3, -0.25) is 0 Å². The van der Waals surface area contributed by atoms with E-state index in [-0.39, 0.29) is 0 Å². The van der Waals surface area contributed by atoms with Crippen LogP contribution in [0.1, 0.15) is 12.8 Å². The molecular formula is C7H11Cl2NSi. The van der Waals surface area contributed by atoms with Crippen molar-refractivity contribution in [2.24, 2.45) is 0 Å². The van der Waals surface area contributed by atoms with Crippen molar-refractivity contribution in [2.75, 3.05) is 0 Å². The zero-order valence-electron chi connectivity index (χ0n) is 6.32. The van der Waals surface area contributed by atoms with Crippen LogP contribution in [0.4, 0.5) is 0 Å². The van der Waals surface area contributed by atoms with Crippen molar-refractivity contribution in [3.8, 4) is 6.07 Å². The average molecular weight is 208 g/mol. The standard InChI is InChI=1S/C7H11Cl2NSi/c1-2-6-11(8,9)7-4-3-5-10/h2H,1,3-4,6-7H2. The van der Waals surface area contributed by atoms with Gasteiger partial charge in [0.05, 0.1) is 6.07 Å². The van der Waals surface area contributed by atoms with Crippen molar-refractivity contribution < 1.29 is 0 Å². The van der Waals surface area contributed by atoms with Crippen molar-refractivity contribution in [1.82, 2.24) is 0 Å². The Kier molecular flexibility index (Phi) is 5.66. The predicted octanol–water partition coefficient (Wildman–Crippen LogP) is 3.40. The predicted molar refractivity (Wildman–Crippen MR) is 52.1 cm³/mol. The Hall–Kier alpha value is 0.0269. The summed E-state index contributed by atoms with van der Waals surface area (Å²) in [4.78, 5) is 0. The molecule has 0 N–H and O–H groups in total. The van der Waals surface area contributed by atoms with Crippen molar-refractivity contribution in [2.45, 2.75) is 24.9 Å². The van der Waals surface area contributed by atoms with Gasteiger partial charge in [0.25, 0.3) is 6.69 Å². The molecule has 0 aliphatic rings. The van der Waals surface area contributed by atoms with Gasteiger partial charge in [-0.15, -0.1) is 28.7 Å². The number of nitrogens with zero attached hydrogens (tertiary/aromatic N) is 1. The zero-order chi connectivity index (χ0) is 8.74. The van der Waals surface area contributed by atoms with Crippen LogP contribution in [0.15, 0.2) is 12.7 Å². The largest absolute Gasteiger partial charge is 0.255 e. The molecule has 4 heteroatoms. The summed E-state index contributed by atoms with van der Waals surface area (Å²) in [5.74, 6) is 0. The fourth-order valence-electron chi connectivity index (χ4n) is 0.739. The molecular weight excluding hydrogens is 197 g/mol. The first-order chi connectivity index (χ1) is 5.12. The van der Waals surface area contributed by atoms with Gasteiger partial charge in [0.15, 0.2) is 0 Å². The summed E-state index contributed by atoms with van der Waals surface area (Å²) in [5, 5.41) is 8.25. The minimum absolute atomic E-state index is 0.547. The minimum atomic E-state index is -2.07. The molecule has 0 radical (unpaired) electrons. The Morgan fingerprint density at radius 1 is 1.55 bits per heavy atom. The van der Waals surface area contributed by atoms with Gasteiger partial charge >= 0.3 is 0 Å². The number of allylic oxidation sites excluding steroid dienone is 1. The van der Waals surface area contributed by atoms with Crippen molar-refractivity contribution >= 4 is 28.9 Å². The van der Waals surface area contributed by atoms with Gasteiger partial charge in [0.2, 0.25) is 0 Å². The van der Waals surface area contributed by atoms with Crippen LogP contribution in [-0.2, 0) is 0 Å². The Labute approximate surface area is 78.0 Å². The molecule has 0 amide bonds. The van der Waals surface area contributed by atoms with E-state index < -0.39 is 6.69 Å². The van der Waals surface area contributed by atoms with Crippen LogP contribution in [0.3, 0.4) is 0 Å². The topological polar surface area (TPSA) is 23.8 Å². The Morgan fingerprint density at radius 3 is 2.64 bits per heavy atom. The van der Waals surface area contributed by atoms with Gasteiger partial charge in [-0.1, -0.05) is 6.08 Å². The van der Waals surface area contributed by atoms with E-state index in [1.807, 2.05) is 0 Å². The normalized spacial score (nSPS) is 10.6. The van der Waals surface area contributed by atoms with Crippen LogP contribution in [-0.4, -0.2) is 6.69 Å². The summed E-state index contributed by atoms with van der Waals surface area (Å²) in [6.07, 6.45) is 3.10. The molecule has 0 unspecified atom stereocenters. The number of halogens is 2. The first kappa shape index (κ1) is 11.0. The maximum absolute atomic E-state index is 8.25. The Morgan fingerprint density at radius 2 is 2.18 bits per heavy atom. The van der Waals surface area contributed by atoms with E-state index in [1.54, 1.807) is 6.08 Å². The van der Waals surface area contributed by atoms with Crippen molar-refractivity contribution in [3.63, 3.8) is 0 Å². The molecule has 0 aromatic heterocycles. The third-order valence-corrected chi connectivity index (χ3v) is 5.30. The summed E-state index contributed by atoms with van der Waals surface area (Å²) in [7, 11) is 0. The lowest BCUT2D eigenvalue weighted by molar-refractivity contribution is 0.953. The minimum Gasteiger partial charge on any atom is -0.198 e. The van der Waals surface area contributed by atoms with Gasteiger partial charge in [-0.05, 0) is 18.5 Å². The molecule has 1 nitrogen and oxygen atoms in total. The van der Waals surface area contributed by atoms with Gasteiger partial charge in [0, 0.05) is 6.42 Å². The fourth-order valence-corrected chi connectivity index (χ4v) is 3.52. The third-order valence-electron chi connectivity index (χ3n) is 1.27. The SMILES string of the molecule is C=CC[Si](Cl)(Cl)CCCC#N. The lowest BCUT2D eigenvalue weighted by Crippen LogP contribution is -2.16. The van der Waals surface area contributed by atoms with Crippen molar-refractivity contribution in [1.29, 1.82) is 5.26 Å². The highest BCUT2D eigenvalue weighted by Gasteiger charge is 2.25. The third kappa shape index (κ3) is 6.43. The van der Waals surface area contributed by atoms with E-state index >= 15 is 0 Å². The van der Waals surface area contributed by atoms with Crippen LogP contribution in [0.2, 0.25) is 12.1 Å². The average Bonchev–Trinajstić information content (AvgIpc) is 1.87. The second kappa shape index (κ2) is 5.65. The molecule has 0 saturated carbocycles. The highest BCUT2D eigenvalue weighted by molar-refractivity contribution is 7.45. The van der Waals surface area contributed by atoms with E-state index in [9.17, 15) is 0 Å². The Balaban J connectivity index is 3.55. The first-order valence-corrected chi connectivity index (χ1v) is 7.92. The second-order valence-electron chi connectivity index (χ2n) is 2.36. The Bertz CT molecular complexity index is 162. The zero-order valence-corrected chi connectivity index (χ0v) is 8.83. The molecule has 0 fully saturated rings. The van der Waals surface area contributed by atoms with Crippen molar-refractivity contribution in [3.05, 3.63) is 12.7 Å². The fraction of sp³-hybridized carbons (Fsp3) is 0.571. The van der Waals surface area contributed by atoms with Gasteiger partial charge in [-0.2, -0.15) is 5.26 Å². The molecule has 0 rings (SSSR count). The summed E-state index contributed by atoms with van der Waals surface area (Å²) in [6.45, 7) is 1.51. The molecule has 0 bridgehead atoms. The van der Waals surface area contributed by atoms with Crippen LogP contribution < -0.4 is 0 Å². The van der Waals surface area contributed by atoms with E-state index in [0.717, 1.165) is 12.5 Å². The first-order valence-electron chi connectivity index (χ1n) is 3.48. The van der Waals surface area contributed by atoms with Gasteiger partial charge < -0.3 is 0 Å². The lowest BCUT2D eigenvalue weighted by atomic mass is 10.4. The highest BCUT2D eigenvalue weighted by atomic mass is 35.7. The molecule has 0 saturated heterocycles. The second-order valence-corrected chi connectivity index (χ2v) is 9.90. The number of hydrogen-bond acceptors (Lipinski definition) is 1. The number of unbranched alkanes of at least 4 members (excludes halogenated alkanes) is 1. The molecule has 11 heavy (non-hydrogen) atoms. The maximum Gasteiger partial charge on any atom is 0.255 e. The maximum atomic E-state index is 8.25. The van der Waals surface area contributed by atoms with Crippen LogP contribution in [0.5, 0.6) is 0 Å². The van der Waals surface area contributed by atoms with E-state index in [2.05, 4.69) is 12.6 Å². The van der Waals surface area contributed by atoms with E-state index in [0.29, 0.717) is 12.5 Å². The molecule has 0 aliphatic carbocycles. The number of nitriles is 1. The smallest absolute Gasteiger partial charge is 0.198 e.